The van der Waals surface area contributed by atoms with E-state index < -0.39 is 6.23 Å². The predicted molar refractivity (Wildman–Crippen MR) is 192 cm³/mol. The minimum atomic E-state index is -1.17. The number of aliphatic hydroxyl groups is 2. The van der Waals surface area contributed by atoms with E-state index in [9.17, 15) is 19.8 Å². The summed E-state index contributed by atoms with van der Waals surface area (Å²) in [7, 11) is 0. The maximum atomic E-state index is 13.7. The number of para-hydroxylation sites is 1. The Bertz CT molecular complexity index is 1940. The van der Waals surface area contributed by atoms with Crippen molar-refractivity contribution < 1.29 is 24.3 Å². The normalized spacial score (nSPS) is 15.2. The van der Waals surface area contributed by atoms with Crippen LogP contribution in [0.15, 0.2) is 77.3 Å². The maximum absolute atomic E-state index is 13.7. The first-order chi connectivity index (χ1) is 24.3. The number of rotatable bonds is 14. The van der Waals surface area contributed by atoms with Gasteiger partial charge in [0.1, 0.15) is 11.9 Å². The second kappa shape index (κ2) is 15.8. The Morgan fingerprint density at radius 1 is 1.00 bits per heavy atom. The number of hydrogen-bond donors (Lipinski definition) is 3. The number of carbonyl (C=O) groups excluding carboxylic acids is 2. The zero-order chi connectivity index (χ0) is 35.2. The second-order valence-corrected chi connectivity index (χ2v) is 13.1. The van der Waals surface area contributed by atoms with E-state index in [-0.39, 0.29) is 30.9 Å². The fourth-order valence-electron chi connectivity index (χ4n) is 6.69. The van der Waals surface area contributed by atoms with Crippen LogP contribution in [0.25, 0.3) is 16.7 Å². The van der Waals surface area contributed by atoms with Crippen LogP contribution in [0, 0.1) is 6.92 Å². The van der Waals surface area contributed by atoms with Gasteiger partial charge < -0.3 is 25.0 Å². The molecule has 50 heavy (non-hydrogen) atoms. The van der Waals surface area contributed by atoms with E-state index in [1.807, 2.05) is 53.1 Å². The molecule has 5 aromatic rings. The molecule has 3 heterocycles. The number of unbranched alkanes of at least 4 members (excludes halogenated alkanes) is 2. The van der Waals surface area contributed by atoms with Gasteiger partial charge in [-0.15, -0.1) is 0 Å². The van der Waals surface area contributed by atoms with Crippen molar-refractivity contribution in [1.82, 2.24) is 24.7 Å². The van der Waals surface area contributed by atoms with Gasteiger partial charge in [-0.1, -0.05) is 68.2 Å². The van der Waals surface area contributed by atoms with Crippen molar-refractivity contribution in [2.75, 3.05) is 25.0 Å². The fourth-order valence-corrected chi connectivity index (χ4v) is 6.69. The van der Waals surface area contributed by atoms with Gasteiger partial charge in [0.2, 0.25) is 5.91 Å². The van der Waals surface area contributed by atoms with E-state index in [2.05, 4.69) is 30.4 Å². The van der Waals surface area contributed by atoms with Crippen molar-refractivity contribution in [3.63, 3.8) is 0 Å². The first-order valence-electron chi connectivity index (χ1n) is 17.6. The minimum absolute atomic E-state index is 0.00243. The topological polar surface area (TPSA) is 137 Å². The summed E-state index contributed by atoms with van der Waals surface area (Å²) in [6, 6.07) is 22.2. The summed E-state index contributed by atoms with van der Waals surface area (Å²) in [5.74, 6) is -0.409. The Balaban J connectivity index is 1.34. The van der Waals surface area contributed by atoms with Crippen LogP contribution in [0.2, 0.25) is 0 Å². The molecule has 6 rings (SSSR count). The number of anilines is 1. The Morgan fingerprint density at radius 2 is 1.72 bits per heavy atom. The lowest BCUT2D eigenvalue weighted by Gasteiger charge is -2.39. The molecule has 3 aromatic carbocycles. The largest absolute Gasteiger partial charge is 0.395 e. The Labute approximate surface area is 292 Å². The van der Waals surface area contributed by atoms with Gasteiger partial charge in [0.15, 0.2) is 11.3 Å². The van der Waals surface area contributed by atoms with Crippen molar-refractivity contribution in [1.29, 1.82) is 0 Å². The van der Waals surface area contributed by atoms with Gasteiger partial charge in [-0.25, -0.2) is 4.68 Å². The van der Waals surface area contributed by atoms with Crippen LogP contribution >= 0.6 is 0 Å². The monoisotopic (exact) mass is 678 g/mol. The van der Waals surface area contributed by atoms with E-state index in [1.54, 1.807) is 35.0 Å². The number of hydrogen-bond acceptors (Lipinski definition) is 8. The molecule has 3 N–H and O–H groups in total. The first-order valence-corrected chi connectivity index (χ1v) is 17.6. The van der Waals surface area contributed by atoms with Gasteiger partial charge in [0, 0.05) is 48.0 Å². The summed E-state index contributed by atoms with van der Waals surface area (Å²) in [5.41, 5.74) is 5.94. The number of carbonyl (C=O) groups is 2. The van der Waals surface area contributed by atoms with Gasteiger partial charge in [0.25, 0.3) is 5.91 Å². The minimum Gasteiger partial charge on any atom is -0.395 e. The molecule has 2 atom stereocenters. The molecule has 1 unspecified atom stereocenters. The van der Waals surface area contributed by atoms with Crippen molar-refractivity contribution in [2.45, 2.75) is 78.1 Å². The Morgan fingerprint density at radius 3 is 2.46 bits per heavy atom. The third-order valence-corrected chi connectivity index (χ3v) is 9.48. The maximum Gasteiger partial charge on any atom is 0.274 e. The molecule has 262 valence electrons. The molecule has 2 aromatic heterocycles. The van der Waals surface area contributed by atoms with E-state index in [1.165, 1.54) is 0 Å². The zero-order valence-corrected chi connectivity index (χ0v) is 29.0. The lowest BCUT2D eigenvalue weighted by atomic mass is 9.93. The van der Waals surface area contributed by atoms with Crippen LogP contribution in [-0.4, -0.2) is 72.5 Å². The average molecular weight is 679 g/mol. The van der Waals surface area contributed by atoms with Crippen molar-refractivity contribution in [3.05, 3.63) is 107 Å². The number of benzene rings is 3. The highest BCUT2D eigenvalue weighted by molar-refractivity contribution is 5.95. The number of aryl methyl sites for hydroxylation is 1. The van der Waals surface area contributed by atoms with E-state index in [0.717, 1.165) is 47.9 Å². The van der Waals surface area contributed by atoms with Crippen molar-refractivity contribution >= 4 is 28.5 Å². The molecule has 0 aliphatic carbocycles. The van der Waals surface area contributed by atoms with E-state index in [0.29, 0.717) is 60.0 Å². The zero-order valence-electron chi connectivity index (χ0n) is 29.0. The predicted octanol–water partition coefficient (Wildman–Crippen LogP) is 5.96. The highest BCUT2D eigenvalue weighted by Gasteiger charge is 2.33. The first kappa shape index (κ1) is 35.0. The molecule has 0 saturated heterocycles. The number of aromatic nitrogens is 3. The summed E-state index contributed by atoms with van der Waals surface area (Å²) in [6.45, 7) is 7.72. The second-order valence-electron chi connectivity index (χ2n) is 13.1. The molecule has 0 bridgehead atoms. The lowest BCUT2D eigenvalue weighted by Crippen LogP contribution is -2.45. The molecule has 0 saturated carbocycles. The lowest BCUT2D eigenvalue weighted by molar-refractivity contribution is -0.115. The summed E-state index contributed by atoms with van der Waals surface area (Å²) in [4.78, 5) is 30.7. The average Bonchev–Trinajstić information content (AvgIpc) is 3.73. The van der Waals surface area contributed by atoms with Crippen molar-refractivity contribution in [2.24, 2.45) is 0 Å². The highest BCUT2D eigenvalue weighted by atomic mass is 16.5. The summed E-state index contributed by atoms with van der Waals surface area (Å²) >= 11 is 0. The summed E-state index contributed by atoms with van der Waals surface area (Å²) < 4.78 is 7.07. The van der Waals surface area contributed by atoms with Crippen LogP contribution in [0.5, 0.6) is 0 Å². The van der Waals surface area contributed by atoms with Crippen molar-refractivity contribution in [3.8, 4) is 5.69 Å². The SMILES string of the molecule is CCCCN(CCCC)C(=O)c1cc(C)n(-c2ccc(NC(=O)Cc3noc4ccccc34)cc2C(O)N2Cc3ccccc3C[C@H]2CO)n1. The Hall–Kier alpha value is -4.84. The molecular weight excluding hydrogens is 632 g/mol. The van der Waals surface area contributed by atoms with Gasteiger partial charge >= 0.3 is 0 Å². The number of amides is 2. The molecule has 1 aliphatic heterocycles. The Kier molecular flexibility index (Phi) is 11.1. The van der Waals surface area contributed by atoms with Gasteiger partial charge in [-0.05, 0) is 73.7 Å². The number of nitrogens with one attached hydrogen (secondary N) is 1. The van der Waals surface area contributed by atoms with Gasteiger partial charge in [-0.3, -0.25) is 14.5 Å². The summed E-state index contributed by atoms with van der Waals surface area (Å²) in [5, 5.41) is 35.2. The third-order valence-electron chi connectivity index (χ3n) is 9.48. The molecular formula is C39H46N6O5. The molecule has 11 nitrogen and oxygen atoms in total. The fraction of sp³-hybridized carbons (Fsp3) is 0.385. The smallest absolute Gasteiger partial charge is 0.274 e. The number of nitrogens with zero attached hydrogens (tertiary/aromatic N) is 5. The van der Waals surface area contributed by atoms with E-state index >= 15 is 0 Å². The molecule has 0 fully saturated rings. The highest BCUT2D eigenvalue weighted by Crippen LogP contribution is 2.34. The standard InChI is InChI=1S/C39H46N6O5/c1-4-6-18-43(19-7-5-2)39(49)34-20-26(3)45(41-34)35-17-16-29(40-37(47)23-33-31-14-10-11-15-36(31)50-42-33)22-32(35)38(48)44-24-28-13-9-8-12-27(28)21-30(44)25-46/h8-17,20,22,30,38,46,48H,4-7,18-19,21,23-25H2,1-3H3,(H,40,47)/t30-,38?/m0/s1. The van der Waals surface area contributed by atoms with Crippen LogP contribution in [0.3, 0.4) is 0 Å². The summed E-state index contributed by atoms with van der Waals surface area (Å²) in [6.07, 6.45) is 3.21. The number of fused-ring (bicyclic) bond motifs is 2. The molecule has 1 aliphatic rings. The van der Waals surface area contributed by atoms with Gasteiger partial charge in [-0.2, -0.15) is 5.10 Å². The molecule has 2 amide bonds. The third kappa shape index (κ3) is 7.50. The van der Waals surface area contributed by atoms with E-state index in [4.69, 9.17) is 9.62 Å². The van der Waals surface area contributed by atoms with Crippen LogP contribution in [-0.2, 0) is 24.2 Å². The number of aliphatic hydroxyl groups excluding tert-OH is 2. The van der Waals surface area contributed by atoms with Crippen LogP contribution in [0.4, 0.5) is 5.69 Å². The molecule has 11 heteroatoms. The van der Waals surface area contributed by atoms with Crippen LogP contribution < -0.4 is 5.32 Å². The van der Waals surface area contributed by atoms with Gasteiger partial charge in [0.05, 0.1) is 18.7 Å². The molecule has 0 spiro atoms. The van der Waals surface area contributed by atoms with Crippen LogP contribution in [0.1, 0.15) is 84.3 Å². The molecule has 0 radical (unpaired) electrons. The quantitative estimate of drug-likeness (QED) is 0.131.